The molecule has 0 aromatic carbocycles. The first-order valence-corrected chi connectivity index (χ1v) is 8.37. The van der Waals surface area contributed by atoms with E-state index in [0.29, 0.717) is 18.8 Å². The molecule has 3 rings (SSSR count). The predicted molar refractivity (Wildman–Crippen MR) is 86.8 cm³/mol. The third-order valence-electron chi connectivity index (χ3n) is 4.28. The zero-order valence-electron chi connectivity index (χ0n) is 13.3. The molecule has 0 radical (unpaired) electrons. The van der Waals surface area contributed by atoms with E-state index in [1.54, 1.807) is 6.33 Å². The van der Waals surface area contributed by atoms with Crippen molar-refractivity contribution >= 4 is 21.6 Å². The average Bonchev–Trinajstić information content (AvgIpc) is 2.99. The lowest BCUT2D eigenvalue weighted by Crippen LogP contribution is -2.34. The second-order valence-electron chi connectivity index (χ2n) is 5.87. The van der Waals surface area contributed by atoms with Gasteiger partial charge < -0.3 is 9.47 Å². The van der Waals surface area contributed by atoms with Crippen LogP contribution in [0.4, 0.5) is 18.9 Å². The Morgan fingerprint density at radius 3 is 2.52 bits per heavy atom. The van der Waals surface area contributed by atoms with Crippen molar-refractivity contribution in [2.45, 2.75) is 24.9 Å². The van der Waals surface area contributed by atoms with Gasteiger partial charge in [-0.3, -0.25) is 0 Å². The minimum absolute atomic E-state index is 0.0358. The highest BCUT2D eigenvalue weighted by atomic mass is 79.9. The maximum Gasteiger partial charge on any atom is 0.433 e. The Morgan fingerprint density at radius 2 is 2.00 bits per heavy atom. The van der Waals surface area contributed by atoms with Gasteiger partial charge in [0.05, 0.1) is 11.3 Å². The first kappa shape index (κ1) is 17.7. The van der Waals surface area contributed by atoms with E-state index in [0.717, 1.165) is 24.7 Å². The molecule has 1 fully saturated rings. The highest BCUT2D eigenvalue weighted by molar-refractivity contribution is 9.10. The molecule has 0 saturated carbocycles. The summed E-state index contributed by atoms with van der Waals surface area (Å²) in [6.07, 6.45) is -1.41. The molecule has 2 aromatic heterocycles. The molecule has 0 atom stereocenters. The third kappa shape index (κ3) is 3.46. The van der Waals surface area contributed by atoms with Crippen LogP contribution in [0.3, 0.4) is 0 Å². The molecular formula is C15H14BrF3N6. The van der Waals surface area contributed by atoms with E-state index in [-0.39, 0.29) is 16.1 Å². The fraction of sp³-hybridized carbons (Fsp3) is 0.467. The van der Waals surface area contributed by atoms with Crippen molar-refractivity contribution in [2.75, 3.05) is 18.0 Å². The lowest BCUT2D eigenvalue weighted by atomic mass is 9.95. The Balaban J connectivity index is 1.84. The van der Waals surface area contributed by atoms with Crippen molar-refractivity contribution < 1.29 is 13.2 Å². The van der Waals surface area contributed by atoms with Crippen LogP contribution in [0.25, 0.3) is 0 Å². The summed E-state index contributed by atoms with van der Waals surface area (Å²) in [4.78, 5) is 5.48. The third-order valence-corrected chi connectivity index (χ3v) is 4.84. The Bertz CT molecular complexity index is 818. The molecular weight excluding hydrogens is 401 g/mol. The molecule has 10 heteroatoms. The Kier molecular flexibility index (Phi) is 4.69. The minimum atomic E-state index is -4.59. The molecule has 0 spiro atoms. The summed E-state index contributed by atoms with van der Waals surface area (Å²) in [5.74, 6) is 1.13. The summed E-state index contributed by atoms with van der Waals surface area (Å²) in [6, 6.07) is 2.66. The van der Waals surface area contributed by atoms with Gasteiger partial charge in [-0.25, -0.2) is 4.98 Å². The average molecular weight is 415 g/mol. The topological polar surface area (TPSA) is 70.6 Å². The van der Waals surface area contributed by atoms with Crippen molar-refractivity contribution in [1.82, 2.24) is 19.7 Å². The Labute approximate surface area is 150 Å². The van der Waals surface area contributed by atoms with Crippen molar-refractivity contribution in [3.63, 3.8) is 0 Å². The summed E-state index contributed by atoms with van der Waals surface area (Å²) in [6.45, 7) is 1.19. The molecule has 0 aliphatic carbocycles. The van der Waals surface area contributed by atoms with Crippen molar-refractivity contribution in [3.05, 3.63) is 34.1 Å². The maximum atomic E-state index is 12.9. The number of aryl methyl sites for hydroxylation is 1. The summed E-state index contributed by atoms with van der Waals surface area (Å²) < 4.78 is 40.6. The lowest BCUT2D eigenvalue weighted by molar-refractivity contribution is -0.141. The minimum Gasteiger partial charge on any atom is -0.368 e. The molecule has 25 heavy (non-hydrogen) atoms. The number of piperidine rings is 1. The van der Waals surface area contributed by atoms with Crippen LogP contribution in [0.1, 0.15) is 35.8 Å². The van der Waals surface area contributed by atoms with Crippen molar-refractivity contribution in [1.29, 1.82) is 5.26 Å². The first-order chi connectivity index (χ1) is 11.8. The van der Waals surface area contributed by atoms with E-state index in [9.17, 15) is 18.4 Å². The quantitative estimate of drug-likeness (QED) is 0.705. The first-order valence-electron chi connectivity index (χ1n) is 7.58. The van der Waals surface area contributed by atoms with Crippen LogP contribution in [0.15, 0.2) is 17.0 Å². The molecule has 1 aliphatic heterocycles. The van der Waals surface area contributed by atoms with Gasteiger partial charge >= 0.3 is 6.18 Å². The normalized spacial score (nSPS) is 16.1. The molecule has 1 aliphatic rings. The van der Waals surface area contributed by atoms with Crippen LogP contribution in [0, 0.1) is 11.3 Å². The van der Waals surface area contributed by atoms with Crippen LogP contribution >= 0.6 is 15.9 Å². The smallest absolute Gasteiger partial charge is 0.368 e. The molecule has 3 heterocycles. The zero-order valence-corrected chi connectivity index (χ0v) is 14.8. The van der Waals surface area contributed by atoms with Gasteiger partial charge in [-0.2, -0.15) is 18.4 Å². The summed E-state index contributed by atoms with van der Waals surface area (Å²) in [5.41, 5.74) is -0.702. The highest BCUT2D eigenvalue weighted by Gasteiger charge is 2.35. The lowest BCUT2D eigenvalue weighted by Gasteiger charge is -2.34. The second-order valence-corrected chi connectivity index (χ2v) is 6.62. The van der Waals surface area contributed by atoms with E-state index < -0.39 is 11.9 Å². The van der Waals surface area contributed by atoms with Gasteiger partial charge in [0.2, 0.25) is 0 Å². The van der Waals surface area contributed by atoms with Crippen LogP contribution < -0.4 is 4.90 Å². The largest absolute Gasteiger partial charge is 0.433 e. The number of nitrogens with zero attached hydrogens (tertiary/aromatic N) is 6. The molecule has 2 aromatic rings. The molecule has 1 saturated heterocycles. The van der Waals surface area contributed by atoms with E-state index in [1.165, 1.54) is 0 Å². The number of rotatable bonds is 2. The van der Waals surface area contributed by atoms with E-state index in [2.05, 4.69) is 31.1 Å². The molecule has 0 N–H and O–H groups in total. The standard InChI is InChI=1S/C15H14BrF3N6/c1-24-8-21-23-14(24)9-2-4-25(5-3-9)12-10(7-20)6-11(15(17,18)19)22-13(12)16/h6,8-9H,2-5H2,1H3. The van der Waals surface area contributed by atoms with Gasteiger partial charge in [0.25, 0.3) is 0 Å². The Morgan fingerprint density at radius 1 is 1.32 bits per heavy atom. The van der Waals surface area contributed by atoms with Crippen LogP contribution in [-0.4, -0.2) is 32.8 Å². The number of pyridine rings is 1. The summed E-state index contributed by atoms with van der Waals surface area (Å²) >= 11 is 3.10. The van der Waals surface area contributed by atoms with Gasteiger partial charge in [0.15, 0.2) is 0 Å². The van der Waals surface area contributed by atoms with Crippen molar-refractivity contribution in [3.8, 4) is 6.07 Å². The number of aromatic nitrogens is 4. The number of nitriles is 1. The maximum absolute atomic E-state index is 12.9. The predicted octanol–water partition coefficient (Wildman–Crippen LogP) is 3.25. The number of hydrogen-bond acceptors (Lipinski definition) is 5. The van der Waals surface area contributed by atoms with Gasteiger partial charge in [0.1, 0.15) is 28.5 Å². The molecule has 0 bridgehead atoms. The zero-order chi connectivity index (χ0) is 18.2. The number of anilines is 1. The fourth-order valence-corrected chi connectivity index (χ4v) is 3.72. The molecule has 132 valence electrons. The van der Waals surface area contributed by atoms with Gasteiger partial charge in [-0.15, -0.1) is 10.2 Å². The fourth-order valence-electron chi connectivity index (χ4n) is 3.06. The summed E-state index contributed by atoms with van der Waals surface area (Å²) in [5, 5.41) is 17.3. The molecule has 6 nitrogen and oxygen atoms in total. The van der Waals surface area contributed by atoms with Crippen LogP contribution in [-0.2, 0) is 13.2 Å². The van der Waals surface area contributed by atoms with Gasteiger partial charge in [-0.1, -0.05) is 0 Å². The number of alkyl halides is 3. The highest BCUT2D eigenvalue weighted by Crippen LogP contribution is 2.37. The van der Waals surface area contributed by atoms with E-state index >= 15 is 0 Å². The van der Waals surface area contributed by atoms with Gasteiger partial charge in [0, 0.05) is 26.1 Å². The van der Waals surface area contributed by atoms with Gasteiger partial charge in [-0.05, 0) is 34.8 Å². The van der Waals surface area contributed by atoms with E-state index in [1.807, 2.05) is 22.6 Å². The Hall–Kier alpha value is -2.15. The van der Waals surface area contributed by atoms with Crippen LogP contribution in [0.5, 0.6) is 0 Å². The number of halogens is 4. The second kappa shape index (κ2) is 6.63. The molecule has 0 unspecified atom stereocenters. The van der Waals surface area contributed by atoms with Crippen LogP contribution in [0.2, 0.25) is 0 Å². The number of hydrogen-bond donors (Lipinski definition) is 0. The van der Waals surface area contributed by atoms with Crippen molar-refractivity contribution in [2.24, 2.45) is 7.05 Å². The SMILES string of the molecule is Cn1cnnc1C1CCN(c2c(C#N)cc(C(F)(F)F)nc2Br)CC1. The summed E-state index contributed by atoms with van der Waals surface area (Å²) in [7, 11) is 1.88. The monoisotopic (exact) mass is 414 g/mol. The van der Waals surface area contributed by atoms with E-state index in [4.69, 9.17) is 0 Å². The molecule has 0 amide bonds.